The molecule has 0 unspecified atom stereocenters. The lowest BCUT2D eigenvalue weighted by atomic mass is 9.87. The minimum atomic E-state index is 0.0268. The molecule has 0 saturated carbocycles. The zero-order valence-electron chi connectivity index (χ0n) is 15.0. The average Bonchev–Trinajstić information content (AvgIpc) is 3.22. The van der Waals surface area contributed by atoms with Crippen LogP contribution in [-0.2, 0) is 11.3 Å². The number of rotatable bonds is 6. The molecule has 0 aliphatic carbocycles. The van der Waals surface area contributed by atoms with Gasteiger partial charge < -0.3 is 9.47 Å². The molecule has 0 N–H and O–H groups in total. The highest BCUT2D eigenvalue weighted by atomic mass is 32.1. The predicted molar refractivity (Wildman–Crippen MR) is 102 cm³/mol. The number of likely N-dealkylation sites (tertiary alicyclic amines) is 1. The summed E-state index contributed by atoms with van der Waals surface area (Å²) in [5.41, 5.74) is 2.26. The lowest BCUT2D eigenvalue weighted by molar-refractivity contribution is -0.132. The molecule has 1 aromatic heterocycles. The van der Waals surface area contributed by atoms with Crippen molar-refractivity contribution in [1.82, 2.24) is 9.47 Å². The zero-order chi connectivity index (χ0) is 17.8. The highest BCUT2D eigenvalue weighted by Crippen LogP contribution is 2.33. The first-order chi connectivity index (χ1) is 12.1. The number of thiazole rings is 1. The largest absolute Gasteiger partial charge is 0.339 e. The molecular formula is C20H26N2O2S. The molecule has 1 amide bonds. The second-order valence-electron chi connectivity index (χ2n) is 6.77. The van der Waals surface area contributed by atoms with Gasteiger partial charge in [0, 0.05) is 42.5 Å². The van der Waals surface area contributed by atoms with Crippen LogP contribution in [0.5, 0.6) is 0 Å². The lowest BCUT2D eigenvalue weighted by Crippen LogP contribution is -2.39. The standard InChI is InChI=1S/C20H26N2O2S/c1-3-17(16-8-5-4-6-9-16)18-10-7-12-22(18)19(23)11-13-21-15(2)14-25-20(21)24/h4-6,8-9,14,17-18H,3,7,10-13H2,1-2H3/t17-,18-/m0/s1. The topological polar surface area (TPSA) is 42.3 Å². The normalized spacial score (nSPS) is 18.5. The van der Waals surface area contributed by atoms with Crippen LogP contribution in [-0.4, -0.2) is 28.0 Å². The van der Waals surface area contributed by atoms with Gasteiger partial charge in [-0.1, -0.05) is 48.6 Å². The molecule has 0 radical (unpaired) electrons. The second kappa shape index (κ2) is 8.00. The van der Waals surface area contributed by atoms with Crippen LogP contribution in [0.15, 0.2) is 40.5 Å². The van der Waals surface area contributed by atoms with Gasteiger partial charge in [0.1, 0.15) is 0 Å². The van der Waals surface area contributed by atoms with Gasteiger partial charge in [-0.15, -0.1) is 0 Å². The molecule has 2 aromatic rings. The number of benzene rings is 1. The molecule has 2 heterocycles. The van der Waals surface area contributed by atoms with E-state index in [4.69, 9.17) is 0 Å². The van der Waals surface area contributed by atoms with E-state index in [1.165, 1.54) is 16.9 Å². The van der Waals surface area contributed by atoms with Crippen molar-refractivity contribution in [3.63, 3.8) is 0 Å². The molecular weight excluding hydrogens is 332 g/mol. The molecule has 4 nitrogen and oxygen atoms in total. The van der Waals surface area contributed by atoms with Gasteiger partial charge in [-0.2, -0.15) is 0 Å². The van der Waals surface area contributed by atoms with Crippen LogP contribution >= 0.6 is 11.3 Å². The first-order valence-corrected chi connectivity index (χ1v) is 9.99. The maximum Gasteiger partial charge on any atom is 0.307 e. The Morgan fingerprint density at radius 1 is 1.32 bits per heavy atom. The minimum Gasteiger partial charge on any atom is -0.339 e. The summed E-state index contributed by atoms with van der Waals surface area (Å²) in [4.78, 5) is 26.8. The van der Waals surface area contributed by atoms with E-state index in [2.05, 4.69) is 36.1 Å². The van der Waals surface area contributed by atoms with Crippen LogP contribution < -0.4 is 4.87 Å². The van der Waals surface area contributed by atoms with Crippen LogP contribution in [0.4, 0.5) is 0 Å². The van der Waals surface area contributed by atoms with Crippen molar-refractivity contribution in [1.29, 1.82) is 0 Å². The molecule has 0 bridgehead atoms. The van der Waals surface area contributed by atoms with E-state index >= 15 is 0 Å². The number of aromatic nitrogens is 1. The molecule has 1 saturated heterocycles. The molecule has 1 aromatic carbocycles. The number of carbonyl (C=O) groups excluding carboxylic acids is 1. The highest BCUT2D eigenvalue weighted by Gasteiger charge is 2.34. The number of nitrogens with zero attached hydrogens (tertiary/aromatic N) is 2. The third kappa shape index (κ3) is 3.87. The van der Waals surface area contributed by atoms with E-state index < -0.39 is 0 Å². The summed E-state index contributed by atoms with van der Waals surface area (Å²) in [6.07, 6.45) is 3.56. The van der Waals surface area contributed by atoms with E-state index in [1.54, 1.807) is 4.57 Å². The van der Waals surface area contributed by atoms with Crippen molar-refractivity contribution >= 4 is 17.2 Å². The molecule has 3 rings (SSSR count). The van der Waals surface area contributed by atoms with E-state index in [0.29, 0.717) is 18.9 Å². The molecule has 134 valence electrons. The Balaban J connectivity index is 1.70. The Morgan fingerprint density at radius 3 is 2.72 bits per heavy atom. The van der Waals surface area contributed by atoms with E-state index in [0.717, 1.165) is 31.5 Å². The van der Waals surface area contributed by atoms with Gasteiger partial charge >= 0.3 is 4.87 Å². The molecule has 1 aliphatic rings. The first-order valence-electron chi connectivity index (χ1n) is 9.11. The Bertz CT molecular complexity index is 766. The van der Waals surface area contributed by atoms with Crippen molar-refractivity contribution in [2.45, 2.75) is 58.0 Å². The lowest BCUT2D eigenvalue weighted by Gasteiger charge is -2.32. The summed E-state index contributed by atoms with van der Waals surface area (Å²) in [6, 6.07) is 10.8. The van der Waals surface area contributed by atoms with Gasteiger partial charge in [0.25, 0.3) is 0 Å². The molecule has 0 spiro atoms. The fourth-order valence-corrected chi connectivity index (χ4v) is 4.74. The number of aryl methyl sites for hydroxylation is 1. The summed E-state index contributed by atoms with van der Waals surface area (Å²) in [6.45, 7) is 5.44. The molecule has 5 heteroatoms. The summed E-state index contributed by atoms with van der Waals surface area (Å²) in [7, 11) is 0. The fourth-order valence-electron chi connectivity index (χ4n) is 3.98. The number of hydrogen-bond acceptors (Lipinski definition) is 3. The SMILES string of the molecule is CC[C@@H](c1ccccc1)[C@@H]1CCCN1C(=O)CCn1c(C)csc1=O. The van der Waals surface area contributed by atoms with E-state index in [-0.39, 0.29) is 16.8 Å². The smallest absolute Gasteiger partial charge is 0.307 e. The zero-order valence-corrected chi connectivity index (χ0v) is 15.8. The molecule has 2 atom stereocenters. The first kappa shape index (κ1) is 17.9. The van der Waals surface area contributed by atoms with Crippen molar-refractivity contribution in [2.75, 3.05) is 6.54 Å². The predicted octanol–water partition coefficient (Wildman–Crippen LogP) is 3.79. The fraction of sp³-hybridized carbons (Fsp3) is 0.500. The summed E-state index contributed by atoms with van der Waals surface area (Å²) in [5.74, 6) is 0.563. The number of hydrogen-bond donors (Lipinski definition) is 0. The van der Waals surface area contributed by atoms with Gasteiger partial charge in [0.15, 0.2) is 0 Å². The maximum atomic E-state index is 12.8. The van der Waals surface area contributed by atoms with Crippen molar-refractivity contribution in [2.24, 2.45) is 0 Å². The van der Waals surface area contributed by atoms with Crippen molar-refractivity contribution in [3.8, 4) is 0 Å². The van der Waals surface area contributed by atoms with Crippen LogP contribution in [0, 0.1) is 6.92 Å². The molecule has 1 aliphatic heterocycles. The summed E-state index contributed by atoms with van der Waals surface area (Å²) >= 11 is 1.20. The minimum absolute atomic E-state index is 0.0268. The number of amides is 1. The summed E-state index contributed by atoms with van der Waals surface area (Å²) < 4.78 is 1.71. The van der Waals surface area contributed by atoms with Gasteiger partial charge in [0.05, 0.1) is 0 Å². The Labute approximate surface area is 153 Å². The number of carbonyl (C=O) groups is 1. The third-order valence-electron chi connectivity index (χ3n) is 5.28. The van der Waals surface area contributed by atoms with Crippen molar-refractivity contribution < 1.29 is 4.79 Å². The van der Waals surface area contributed by atoms with E-state index in [9.17, 15) is 9.59 Å². The van der Waals surface area contributed by atoms with Gasteiger partial charge in [0.2, 0.25) is 5.91 Å². The van der Waals surface area contributed by atoms with Gasteiger partial charge in [-0.05, 0) is 31.7 Å². The Morgan fingerprint density at radius 2 is 2.08 bits per heavy atom. The van der Waals surface area contributed by atoms with Crippen LogP contribution in [0.2, 0.25) is 0 Å². The van der Waals surface area contributed by atoms with Gasteiger partial charge in [-0.25, -0.2) is 0 Å². The Hall–Kier alpha value is -1.88. The van der Waals surface area contributed by atoms with E-state index in [1.807, 2.05) is 18.4 Å². The third-order valence-corrected chi connectivity index (χ3v) is 6.16. The summed E-state index contributed by atoms with van der Waals surface area (Å²) in [5, 5.41) is 1.86. The van der Waals surface area contributed by atoms with Crippen LogP contribution in [0.25, 0.3) is 0 Å². The maximum absolute atomic E-state index is 12.8. The van der Waals surface area contributed by atoms with Gasteiger partial charge in [-0.3, -0.25) is 9.59 Å². The quantitative estimate of drug-likeness (QED) is 0.788. The second-order valence-corrected chi connectivity index (χ2v) is 7.59. The molecule has 25 heavy (non-hydrogen) atoms. The average molecular weight is 359 g/mol. The van der Waals surface area contributed by atoms with Crippen LogP contribution in [0.1, 0.15) is 49.8 Å². The molecule has 1 fully saturated rings. The Kier molecular flexibility index (Phi) is 5.74. The highest BCUT2D eigenvalue weighted by molar-refractivity contribution is 7.07. The van der Waals surface area contributed by atoms with Crippen LogP contribution in [0.3, 0.4) is 0 Å². The van der Waals surface area contributed by atoms with Crippen molar-refractivity contribution in [3.05, 3.63) is 56.6 Å². The monoisotopic (exact) mass is 358 g/mol.